The molecule has 0 heterocycles. The van der Waals surface area contributed by atoms with Crippen molar-refractivity contribution < 1.29 is 0 Å². The van der Waals surface area contributed by atoms with E-state index < -0.39 is 0 Å². The average molecular weight is 116 g/mol. The minimum absolute atomic E-state index is 0. The second-order valence-corrected chi connectivity index (χ2v) is 1.15. The van der Waals surface area contributed by atoms with Gasteiger partial charge < -0.3 is 0 Å². The molecule has 0 aromatic rings. The molecule has 0 nitrogen and oxygen atoms in total. The van der Waals surface area contributed by atoms with Gasteiger partial charge in [0.1, 0.15) is 14.6 Å². The summed E-state index contributed by atoms with van der Waals surface area (Å²) in [6.07, 6.45) is 0. The fourth-order valence-corrected chi connectivity index (χ4v) is 0. The first-order valence-electron chi connectivity index (χ1n) is 2.31. The van der Waals surface area contributed by atoms with Crippen molar-refractivity contribution in [1.29, 1.82) is 0 Å². The molecule has 0 aromatic heterocycles. The molecule has 0 unspecified atom stereocenters. The molecule has 0 fully saturated rings. The van der Waals surface area contributed by atoms with Gasteiger partial charge in [-0.25, -0.2) is 0 Å². The Labute approximate surface area is 56.0 Å². The van der Waals surface area contributed by atoms with Gasteiger partial charge in [-0.15, -0.1) is 0 Å². The smallest absolute Gasteiger partial charge is 0.102 e. The molecule has 0 aliphatic carbocycles. The second-order valence-electron chi connectivity index (χ2n) is 1.15. The summed E-state index contributed by atoms with van der Waals surface area (Å²) in [5.74, 6) is 0. The molecule has 0 aromatic carbocycles. The van der Waals surface area contributed by atoms with Crippen LogP contribution in [-0.4, -0.2) is 14.6 Å². The van der Waals surface area contributed by atoms with Crippen molar-refractivity contribution in [3.63, 3.8) is 0 Å². The molecule has 0 atom stereocenters. The monoisotopic (exact) mass is 116 g/mol. The Morgan fingerprint density at radius 2 is 0.714 bits per heavy atom. The van der Waals surface area contributed by atoms with Gasteiger partial charge in [-0.05, 0) is 0 Å². The summed E-state index contributed by atoms with van der Waals surface area (Å²) in [7, 11) is 4.00. The Kier molecular flexibility index (Phi) is 70.7. The topological polar surface area (TPSA) is 0 Å². The Morgan fingerprint density at radius 1 is 0.714 bits per heavy atom. The van der Waals surface area contributed by atoms with Gasteiger partial charge in [0.05, 0.1) is 0 Å². The van der Waals surface area contributed by atoms with Gasteiger partial charge in [0, 0.05) is 0 Å². The molecule has 0 aliphatic heterocycles. The third-order valence-electron chi connectivity index (χ3n) is 0. The van der Waals surface area contributed by atoms with E-state index >= 15 is 0 Å². The van der Waals surface area contributed by atoms with Crippen molar-refractivity contribution in [3.05, 3.63) is 0 Å². The summed E-state index contributed by atoms with van der Waals surface area (Å²) in [5.41, 5.74) is 0. The minimum atomic E-state index is 0. The molecule has 0 N–H and O–H groups in total. The molecule has 42 valence electrons. The maximum Gasteiger partial charge on any atom is 0.102 e. The first-order chi connectivity index (χ1) is 2.83. The van der Waals surface area contributed by atoms with E-state index in [1.807, 2.05) is 41.9 Å². The van der Waals surface area contributed by atoms with Gasteiger partial charge in [0.25, 0.3) is 0 Å². The number of hydrogen-bond donors (Lipinski definition) is 0. The Bertz CT molecular complexity index is 11.7. The third kappa shape index (κ3) is 565. The van der Waals surface area contributed by atoms with E-state index in [1.165, 1.54) is 0 Å². The molecule has 0 amide bonds. The largest absolute Gasteiger partial charge is 0.197 e. The minimum Gasteiger partial charge on any atom is -0.197 e. The van der Waals surface area contributed by atoms with Gasteiger partial charge in [0.15, 0.2) is 0 Å². The summed E-state index contributed by atoms with van der Waals surface area (Å²) >= 11 is 0. The van der Waals surface area contributed by atoms with Crippen molar-refractivity contribution in [1.82, 2.24) is 0 Å². The van der Waals surface area contributed by atoms with E-state index in [4.69, 9.17) is 0 Å². The predicted molar refractivity (Wildman–Crippen MR) is 45.3 cm³/mol. The highest BCUT2D eigenvalue weighted by molar-refractivity contribution is 7.59. The summed E-state index contributed by atoms with van der Waals surface area (Å²) in [6, 6.07) is 0. The Hall–Kier alpha value is 0.480. The molecule has 2 radical (unpaired) electrons. The normalized spacial score (nSPS) is 4.00. The van der Waals surface area contributed by atoms with Crippen molar-refractivity contribution >= 4 is 28.1 Å². The zero-order chi connectivity index (χ0) is 5.41. The van der Waals surface area contributed by atoms with Crippen molar-refractivity contribution in [2.24, 2.45) is 0 Å². The predicted octanol–water partition coefficient (Wildman–Crippen LogP) is 1.69. The highest BCUT2D eigenvalue weighted by Crippen LogP contribution is 1.37. The van der Waals surface area contributed by atoms with Crippen LogP contribution in [0.4, 0.5) is 0 Å². The molecular weight excluding hydrogens is 102 g/mol. The fraction of sp³-hybridized carbons (Fsp3) is 1.00. The lowest BCUT2D eigenvalue weighted by atomic mass is 9.88. The highest BCUT2D eigenvalue weighted by atomic mass is 32.1. The first-order valence-corrected chi connectivity index (χ1v) is 2.31. The van der Waals surface area contributed by atoms with Crippen LogP contribution in [0, 0.1) is 0 Å². The molecule has 7 heavy (non-hydrogen) atoms. The first kappa shape index (κ1) is 15.6. The average Bonchev–Trinajstić information content (AvgIpc) is 1.39. The van der Waals surface area contributed by atoms with Crippen LogP contribution in [-0.2, 0) is 0 Å². The molecular formula is C4H14B2S. The molecule has 0 bridgehead atoms. The third-order valence-corrected chi connectivity index (χ3v) is 0. The second kappa shape index (κ2) is 31.6. The van der Waals surface area contributed by atoms with Crippen molar-refractivity contribution in [2.45, 2.75) is 27.3 Å². The van der Waals surface area contributed by atoms with E-state index in [2.05, 4.69) is 0 Å². The van der Waals surface area contributed by atoms with E-state index in [-0.39, 0.29) is 13.5 Å². The van der Waals surface area contributed by atoms with E-state index in [0.717, 1.165) is 0 Å². The quantitative estimate of drug-likeness (QED) is 0.422. The van der Waals surface area contributed by atoms with Crippen molar-refractivity contribution in [2.75, 3.05) is 0 Å². The summed E-state index contributed by atoms with van der Waals surface area (Å²) in [5, 5.41) is 0. The zero-order valence-corrected chi connectivity index (χ0v) is 6.65. The molecule has 0 rings (SSSR count). The van der Waals surface area contributed by atoms with Crippen LogP contribution >= 0.6 is 13.5 Å². The zero-order valence-electron chi connectivity index (χ0n) is 5.65. The van der Waals surface area contributed by atoms with Gasteiger partial charge >= 0.3 is 0 Å². The Morgan fingerprint density at radius 3 is 0.714 bits per heavy atom. The van der Waals surface area contributed by atoms with Gasteiger partial charge in [-0.2, -0.15) is 13.5 Å². The molecule has 0 saturated heterocycles. The van der Waals surface area contributed by atoms with Crippen LogP contribution in [0.15, 0.2) is 0 Å². The van der Waals surface area contributed by atoms with Crippen LogP contribution in [0.3, 0.4) is 0 Å². The van der Waals surface area contributed by atoms with E-state index in [9.17, 15) is 0 Å². The maximum absolute atomic E-state index is 2.00. The van der Waals surface area contributed by atoms with Gasteiger partial charge in [0.2, 0.25) is 0 Å². The lowest BCUT2D eigenvalue weighted by Gasteiger charge is -1.41. The van der Waals surface area contributed by atoms with Gasteiger partial charge in [-0.3, -0.25) is 0 Å². The van der Waals surface area contributed by atoms with Crippen LogP contribution in [0.5, 0.6) is 0 Å². The summed E-state index contributed by atoms with van der Waals surface area (Å²) < 4.78 is 0. The molecule has 0 spiro atoms. The molecule has 0 saturated carbocycles. The number of rotatable bonds is 0. The van der Waals surface area contributed by atoms with E-state index in [1.54, 1.807) is 0 Å². The number of hydrogen-bond acceptors (Lipinski definition) is 0. The van der Waals surface area contributed by atoms with Crippen LogP contribution in [0.25, 0.3) is 0 Å². The van der Waals surface area contributed by atoms with Crippen LogP contribution < -0.4 is 0 Å². The molecule has 3 heteroatoms. The van der Waals surface area contributed by atoms with E-state index in [0.29, 0.717) is 0 Å². The SMILES string of the molecule is C[B]C.C[B]C.S. The van der Waals surface area contributed by atoms with Crippen LogP contribution in [0.2, 0.25) is 27.3 Å². The summed E-state index contributed by atoms with van der Waals surface area (Å²) in [6.45, 7) is 8.00. The van der Waals surface area contributed by atoms with Gasteiger partial charge in [-0.1, -0.05) is 27.3 Å². The lowest BCUT2D eigenvalue weighted by Crippen LogP contribution is -1.53. The maximum atomic E-state index is 2.00. The van der Waals surface area contributed by atoms with Crippen LogP contribution in [0.1, 0.15) is 0 Å². The molecule has 0 aliphatic rings. The standard InChI is InChI=1S/2C2H6B.H2S/c2*1-3-2;/h2*1-2H3;1H2. The fourth-order valence-electron chi connectivity index (χ4n) is 0. The van der Waals surface area contributed by atoms with Crippen molar-refractivity contribution in [3.8, 4) is 0 Å². The lowest BCUT2D eigenvalue weighted by molar-refractivity contribution is 2.14. The Balaban J connectivity index is -0.0000000400. The highest BCUT2D eigenvalue weighted by Gasteiger charge is 1.43. The summed E-state index contributed by atoms with van der Waals surface area (Å²) in [4.78, 5) is 0.